The Morgan fingerprint density at radius 1 is 1.43 bits per heavy atom. The maximum absolute atomic E-state index is 13.1. The number of amides is 1. The zero-order chi connectivity index (χ0) is 15.3. The van der Waals surface area contributed by atoms with Gasteiger partial charge in [-0.05, 0) is 26.2 Å². The van der Waals surface area contributed by atoms with Crippen LogP contribution in [0.25, 0.3) is 0 Å². The molecular weight excluding hydrogens is 268 g/mol. The summed E-state index contributed by atoms with van der Waals surface area (Å²) in [5.74, 6) is 0.274. The Morgan fingerprint density at radius 2 is 2.19 bits per heavy atom. The van der Waals surface area contributed by atoms with Crippen molar-refractivity contribution >= 4 is 5.91 Å². The summed E-state index contributed by atoms with van der Waals surface area (Å²) in [5.41, 5.74) is 5.58. The lowest BCUT2D eigenvalue weighted by molar-refractivity contribution is -0.186. The smallest absolute Gasteiger partial charge is 0.243 e. The molecule has 2 N–H and O–H groups in total. The molecule has 0 aromatic heterocycles. The first kappa shape index (κ1) is 15.3. The maximum Gasteiger partial charge on any atom is 0.243 e. The lowest BCUT2D eigenvalue weighted by Crippen LogP contribution is -2.80. The van der Waals surface area contributed by atoms with E-state index in [4.69, 9.17) is 15.2 Å². The van der Waals surface area contributed by atoms with E-state index in [0.717, 1.165) is 32.4 Å². The van der Waals surface area contributed by atoms with Gasteiger partial charge in [-0.3, -0.25) is 4.79 Å². The number of nitrogens with two attached hydrogens (primary N) is 1. The molecule has 0 spiro atoms. The van der Waals surface area contributed by atoms with Gasteiger partial charge in [0.25, 0.3) is 0 Å². The average molecular weight is 296 g/mol. The number of likely N-dealkylation sites (tertiary alicyclic amines) is 1. The van der Waals surface area contributed by atoms with Crippen LogP contribution in [0.5, 0.6) is 0 Å². The van der Waals surface area contributed by atoms with E-state index in [1.54, 1.807) is 0 Å². The van der Waals surface area contributed by atoms with E-state index in [0.29, 0.717) is 13.2 Å². The van der Waals surface area contributed by atoms with Crippen molar-refractivity contribution in [3.05, 3.63) is 0 Å². The number of hydrogen-bond donors (Lipinski definition) is 1. The van der Waals surface area contributed by atoms with E-state index >= 15 is 0 Å². The highest BCUT2D eigenvalue weighted by atomic mass is 16.5. The van der Waals surface area contributed by atoms with E-state index in [1.165, 1.54) is 0 Å². The molecule has 5 heteroatoms. The monoisotopic (exact) mass is 296 g/mol. The lowest BCUT2D eigenvalue weighted by Gasteiger charge is -2.62. The molecule has 2 saturated heterocycles. The van der Waals surface area contributed by atoms with Gasteiger partial charge in [0.15, 0.2) is 0 Å². The molecule has 0 radical (unpaired) electrons. The number of rotatable bonds is 3. The third-order valence-corrected chi connectivity index (χ3v) is 5.88. The normalized spacial score (nSPS) is 41.5. The zero-order valence-corrected chi connectivity index (χ0v) is 13.4. The number of carbonyl (C=O) groups excluding carboxylic acids is 1. The third-order valence-electron chi connectivity index (χ3n) is 5.88. The molecule has 0 aromatic carbocycles. The second kappa shape index (κ2) is 5.21. The summed E-state index contributed by atoms with van der Waals surface area (Å²) in [5, 5.41) is 0. The van der Waals surface area contributed by atoms with Crippen LogP contribution in [-0.2, 0) is 14.3 Å². The van der Waals surface area contributed by atoms with Gasteiger partial charge in [0.05, 0.1) is 12.2 Å². The molecule has 0 bridgehead atoms. The fourth-order valence-electron chi connectivity index (χ4n) is 4.57. The van der Waals surface area contributed by atoms with Crippen LogP contribution in [0.15, 0.2) is 0 Å². The maximum atomic E-state index is 13.1. The van der Waals surface area contributed by atoms with E-state index < -0.39 is 5.54 Å². The van der Waals surface area contributed by atoms with E-state index in [1.807, 2.05) is 11.8 Å². The molecule has 3 fully saturated rings. The number of piperidine rings is 1. The van der Waals surface area contributed by atoms with Crippen LogP contribution in [0.1, 0.15) is 40.0 Å². The fourth-order valence-corrected chi connectivity index (χ4v) is 4.57. The molecule has 3 aliphatic rings. The molecule has 4 atom stereocenters. The molecule has 1 amide bonds. The molecule has 2 aliphatic heterocycles. The van der Waals surface area contributed by atoms with Gasteiger partial charge in [-0.25, -0.2) is 0 Å². The predicted molar refractivity (Wildman–Crippen MR) is 79.8 cm³/mol. The van der Waals surface area contributed by atoms with E-state index in [9.17, 15) is 4.79 Å². The summed E-state index contributed by atoms with van der Waals surface area (Å²) < 4.78 is 11.5. The lowest BCUT2D eigenvalue weighted by atomic mass is 9.47. The van der Waals surface area contributed by atoms with Crippen LogP contribution in [-0.4, -0.2) is 54.9 Å². The van der Waals surface area contributed by atoms with Gasteiger partial charge < -0.3 is 20.1 Å². The van der Waals surface area contributed by atoms with Crippen molar-refractivity contribution in [2.75, 3.05) is 26.3 Å². The Labute approximate surface area is 127 Å². The van der Waals surface area contributed by atoms with Gasteiger partial charge in [-0.2, -0.15) is 0 Å². The third kappa shape index (κ3) is 2.05. The Balaban J connectivity index is 1.75. The van der Waals surface area contributed by atoms with Gasteiger partial charge in [-0.1, -0.05) is 13.8 Å². The minimum Gasteiger partial charge on any atom is -0.377 e. The number of carbonyl (C=O) groups is 1. The highest BCUT2D eigenvalue weighted by molar-refractivity contribution is 5.89. The Hall–Kier alpha value is -0.650. The topological polar surface area (TPSA) is 64.8 Å². The van der Waals surface area contributed by atoms with E-state index in [2.05, 4.69) is 13.8 Å². The Kier molecular flexibility index (Phi) is 3.79. The van der Waals surface area contributed by atoms with Crippen molar-refractivity contribution in [2.45, 2.75) is 57.8 Å². The SMILES string of the molecule is CCOC1CCCN(C(=O)C2(N)C3CCOC3C2(C)C)C1. The summed E-state index contributed by atoms with van der Waals surface area (Å²) in [6.45, 7) is 9.05. The number of nitrogens with zero attached hydrogens (tertiary/aromatic N) is 1. The van der Waals surface area contributed by atoms with Gasteiger partial charge in [0, 0.05) is 37.6 Å². The van der Waals surface area contributed by atoms with Gasteiger partial charge in [0.2, 0.25) is 5.91 Å². The van der Waals surface area contributed by atoms with Crippen LogP contribution < -0.4 is 5.73 Å². The molecule has 120 valence electrons. The van der Waals surface area contributed by atoms with Crippen molar-refractivity contribution in [3.63, 3.8) is 0 Å². The Morgan fingerprint density at radius 3 is 2.90 bits per heavy atom. The van der Waals surface area contributed by atoms with Crippen LogP contribution in [0.3, 0.4) is 0 Å². The number of fused-ring (bicyclic) bond motifs is 1. The predicted octanol–water partition coefficient (Wildman–Crippen LogP) is 1.16. The second-order valence-corrected chi connectivity index (χ2v) is 7.25. The standard InChI is InChI=1S/C16H28N2O3/c1-4-20-11-6-5-8-18(10-11)14(19)16(17)12-7-9-21-13(12)15(16,2)3/h11-13H,4-10,17H2,1-3H3. The Bertz CT molecular complexity index is 424. The summed E-state index contributed by atoms with van der Waals surface area (Å²) in [6, 6.07) is 0. The first-order valence-corrected chi connectivity index (χ1v) is 8.24. The molecule has 1 aliphatic carbocycles. The molecule has 3 rings (SSSR count). The number of ether oxygens (including phenoxy) is 2. The summed E-state index contributed by atoms with van der Waals surface area (Å²) in [6.07, 6.45) is 3.23. The van der Waals surface area contributed by atoms with E-state index in [-0.39, 0.29) is 29.4 Å². The van der Waals surface area contributed by atoms with Crippen molar-refractivity contribution in [1.82, 2.24) is 4.90 Å². The summed E-state index contributed by atoms with van der Waals surface area (Å²) >= 11 is 0. The highest BCUT2D eigenvalue weighted by Gasteiger charge is 2.71. The molecule has 2 heterocycles. The average Bonchev–Trinajstić information content (AvgIpc) is 2.94. The first-order valence-electron chi connectivity index (χ1n) is 8.24. The number of hydrogen-bond acceptors (Lipinski definition) is 4. The fraction of sp³-hybridized carbons (Fsp3) is 0.938. The quantitative estimate of drug-likeness (QED) is 0.848. The van der Waals surface area contributed by atoms with Crippen molar-refractivity contribution in [2.24, 2.45) is 17.1 Å². The summed E-state index contributed by atoms with van der Waals surface area (Å²) in [7, 11) is 0. The minimum atomic E-state index is -0.776. The van der Waals surface area contributed by atoms with Gasteiger partial charge >= 0.3 is 0 Å². The van der Waals surface area contributed by atoms with Crippen LogP contribution >= 0.6 is 0 Å². The van der Waals surface area contributed by atoms with Crippen LogP contribution in [0.2, 0.25) is 0 Å². The second-order valence-electron chi connectivity index (χ2n) is 7.25. The first-order chi connectivity index (χ1) is 9.92. The van der Waals surface area contributed by atoms with Crippen LogP contribution in [0.4, 0.5) is 0 Å². The molecule has 5 nitrogen and oxygen atoms in total. The van der Waals surface area contributed by atoms with Crippen molar-refractivity contribution < 1.29 is 14.3 Å². The zero-order valence-electron chi connectivity index (χ0n) is 13.4. The molecular formula is C16H28N2O3. The highest BCUT2D eigenvalue weighted by Crippen LogP contribution is 2.58. The largest absolute Gasteiger partial charge is 0.377 e. The molecule has 21 heavy (non-hydrogen) atoms. The minimum absolute atomic E-state index is 0.101. The molecule has 0 aromatic rings. The molecule has 1 saturated carbocycles. The van der Waals surface area contributed by atoms with Gasteiger partial charge in [-0.15, -0.1) is 0 Å². The van der Waals surface area contributed by atoms with Crippen molar-refractivity contribution in [3.8, 4) is 0 Å². The summed E-state index contributed by atoms with van der Waals surface area (Å²) in [4.78, 5) is 15.0. The van der Waals surface area contributed by atoms with Gasteiger partial charge in [0.1, 0.15) is 5.54 Å². The van der Waals surface area contributed by atoms with Crippen LogP contribution in [0, 0.1) is 11.3 Å². The van der Waals surface area contributed by atoms with Crippen molar-refractivity contribution in [1.29, 1.82) is 0 Å². The molecule has 4 unspecified atom stereocenters.